The molecule has 0 N–H and O–H groups in total. The molecular weight excluding hydrogens is 259 g/mol. The first-order valence-electron chi connectivity index (χ1n) is 1.20. The van der Waals surface area contributed by atoms with Crippen molar-refractivity contribution in [2.24, 2.45) is 0 Å². The van der Waals surface area contributed by atoms with E-state index in [0.717, 1.165) is 0 Å². The van der Waals surface area contributed by atoms with Crippen molar-refractivity contribution in [3.05, 3.63) is 0 Å². The summed E-state index contributed by atoms with van der Waals surface area (Å²) >= 11 is 0. The zero-order valence-electron chi connectivity index (χ0n) is 3.41. The summed E-state index contributed by atoms with van der Waals surface area (Å²) in [7, 11) is 0. The van der Waals surface area contributed by atoms with Crippen molar-refractivity contribution >= 4 is 33.1 Å². The van der Waals surface area contributed by atoms with Crippen LogP contribution in [0.1, 0.15) is 13.8 Å². The van der Waals surface area contributed by atoms with Crippen LogP contribution in [0.25, 0.3) is 0 Å². The van der Waals surface area contributed by atoms with Gasteiger partial charge in [0.15, 0.2) is 0 Å². The minimum atomic E-state index is 0. The Morgan fingerprint density at radius 3 is 1.40 bits per heavy atom. The van der Waals surface area contributed by atoms with Crippen LogP contribution in [0, 0.1) is 0 Å². The number of rotatable bonds is 0. The summed E-state index contributed by atoms with van der Waals surface area (Å²) in [4.78, 5) is 9.44. The third-order valence-corrected chi connectivity index (χ3v) is 0. The fourth-order valence-electron chi connectivity index (χ4n) is 0. The van der Waals surface area contributed by atoms with E-state index in [4.69, 9.17) is 0 Å². The zero-order chi connectivity index (χ0) is 3.58. The van der Waals surface area contributed by atoms with Gasteiger partial charge in [-0.2, -0.15) is 0 Å². The van der Waals surface area contributed by atoms with E-state index in [0.29, 0.717) is 0 Å². The minimum absolute atomic E-state index is 0. The third-order valence-electron chi connectivity index (χ3n) is 0. The maximum atomic E-state index is 9.44. The summed E-state index contributed by atoms with van der Waals surface area (Å²) < 4.78 is 0. The smallest absolute Gasteiger partial charge is 0.126 e. The van der Waals surface area contributed by atoms with Gasteiger partial charge in [-0.1, -0.05) is 0 Å². The summed E-state index contributed by atoms with van der Waals surface area (Å²) in [6.07, 6.45) is 0. The van der Waals surface area contributed by atoms with Crippen LogP contribution in [0.2, 0.25) is 0 Å². The second kappa shape index (κ2) is 4.59. The summed E-state index contributed by atoms with van der Waals surface area (Å²) in [5.74, 6) is 0.167. The van der Waals surface area contributed by atoms with Gasteiger partial charge in [-0.3, -0.25) is 0 Å². The Labute approximate surface area is 51.9 Å². The van der Waals surface area contributed by atoms with Crippen LogP contribution >= 0.6 is 0 Å². The Morgan fingerprint density at radius 2 is 1.40 bits per heavy atom. The van der Waals surface area contributed by atoms with Gasteiger partial charge in [-0.15, -0.1) is 0 Å². The van der Waals surface area contributed by atoms with E-state index in [-0.39, 0.29) is 33.1 Å². The molecule has 0 fully saturated rings. The molecule has 4 radical (unpaired) electrons. The molecule has 1 nitrogen and oxygen atoms in total. The van der Waals surface area contributed by atoms with E-state index in [1.165, 1.54) is 13.8 Å². The van der Waals surface area contributed by atoms with Crippen molar-refractivity contribution in [1.29, 1.82) is 0 Å². The number of carbonyl (C=O) groups excluding carboxylic acids is 1. The van der Waals surface area contributed by atoms with Gasteiger partial charge in [0.25, 0.3) is 0 Å². The molecule has 0 aromatic carbocycles. The van der Waals surface area contributed by atoms with E-state index >= 15 is 0 Å². The summed E-state index contributed by atoms with van der Waals surface area (Å²) in [5, 5.41) is 0. The van der Waals surface area contributed by atoms with Gasteiger partial charge in [0.1, 0.15) is 5.78 Å². The Kier molecular flexibility index (Phi) is 8.39. The van der Waals surface area contributed by atoms with Crippen LogP contribution in [0.4, 0.5) is 0 Å². The predicted octanol–water partition coefficient (Wildman–Crippen LogP) is 0.214. The van der Waals surface area contributed by atoms with Crippen molar-refractivity contribution in [1.82, 2.24) is 0 Å². The molecule has 0 aromatic rings. The van der Waals surface area contributed by atoms with Crippen LogP contribution in [0.3, 0.4) is 0 Å². The predicted molar refractivity (Wildman–Crippen MR) is 22.1 cm³/mol. The van der Waals surface area contributed by atoms with Gasteiger partial charge in [-0.25, -0.2) is 0 Å². The number of hydrogen-bond donors (Lipinski definition) is 0. The molecule has 0 unspecified atom stereocenters. The van der Waals surface area contributed by atoms with Crippen LogP contribution < -0.4 is 0 Å². The summed E-state index contributed by atoms with van der Waals surface area (Å²) in [5.41, 5.74) is 0. The third kappa shape index (κ3) is 88.0. The fourth-order valence-corrected chi connectivity index (χ4v) is 0. The van der Waals surface area contributed by atoms with Crippen molar-refractivity contribution in [2.45, 2.75) is 13.8 Å². The first kappa shape index (κ1) is 9.14. The summed E-state index contributed by atoms with van der Waals surface area (Å²) in [6.45, 7) is 3.06. The molecule has 0 heterocycles. The Bertz CT molecular complexity index is 29.9. The van der Waals surface area contributed by atoms with Gasteiger partial charge in [0.2, 0.25) is 0 Å². The molecular formula is C3H6OPb. The SMILES string of the molecule is CC(C)=O.[Pb]. The van der Waals surface area contributed by atoms with E-state index in [2.05, 4.69) is 0 Å². The molecule has 0 atom stereocenters. The Hall–Kier alpha value is 0.592. The van der Waals surface area contributed by atoms with E-state index in [9.17, 15) is 4.79 Å². The van der Waals surface area contributed by atoms with Crippen LogP contribution in [0.5, 0.6) is 0 Å². The largest absolute Gasteiger partial charge is 0.300 e. The molecule has 0 amide bonds. The Morgan fingerprint density at radius 1 is 1.40 bits per heavy atom. The second-order valence-electron chi connectivity index (χ2n) is 0.908. The molecule has 0 aliphatic carbocycles. The molecule has 0 aliphatic rings. The van der Waals surface area contributed by atoms with E-state index < -0.39 is 0 Å². The van der Waals surface area contributed by atoms with Crippen LogP contribution in [-0.2, 0) is 4.79 Å². The molecule has 0 saturated heterocycles. The average molecular weight is 265 g/mol. The topological polar surface area (TPSA) is 17.1 Å². The molecule has 0 spiro atoms. The van der Waals surface area contributed by atoms with E-state index in [1.54, 1.807) is 0 Å². The van der Waals surface area contributed by atoms with Gasteiger partial charge in [-0.05, 0) is 13.8 Å². The molecule has 0 bridgehead atoms. The monoisotopic (exact) mass is 266 g/mol. The molecule has 28 valence electrons. The first-order chi connectivity index (χ1) is 1.73. The van der Waals surface area contributed by atoms with E-state index in [1.807, 2.05) is 0 Å². The maximum absolute atomic E-state index is 9.44. The normalized spacial score (nSPS) is 5.20. The van der Waals surface area contributed by atoms with Crippen LogP contribution in [0.15, 0.2) is 0 Å². The zero-order valence-corrected chi connectivity index (χ0v) is 7.30. The molecule has 2 heteroatoms. The summed E-state index contributed by atoms with van der Waals surface area (Å²) in [6, 6.07) is 0. The number of hydrogen-bond acceptors (Lipinski definition) is 1. The van der Waals surface area contributed by atoms with Gasteiger partial charge >= 0.3 is 0 Å². The molecule has 5 heavy (non-hydrogen) atoms. The van der Waals surface area contributed by atoms with Gasteiger partial charge in [0.05, 0.1) is 0 Å². The molecule has 0 saturated carbocycles. The molecule has 0 aliphatic heterocycles. The second-order valence-corrected chi connectivity index (χ2v) is 0.908. The maximum Gasteiger partial charge on any atom is 0.126 e. The Balaban J connectivity index is 0. The fraction of sp³-hybridized carbons (Fsp3) is 0.667. The standard InChI is InChI=1S/C3H6O.Pb/c1-3(2)4;/h1-2H3;. The average Bonchev–Trinajstić information content (AvgIpc) is 0.811. The molecule has 0 rings (SSSR count). The van der Waals surface area contributed by atoms with Gasteiger partial charge < -0.3 is 4.79 Å². The van der Waals surface area contributed by atoms with Crippen molar-refractivity contribution in [3.8, 4) is 0 Å². The number of Topliss-reactive ketones (excluding diaryl/α,β-unsaturated/α-hetero) is 1. The van der Waals surface area contributed by atoms with Gasteiger partial charge in [0, 0.05) is 27.3 Å². The number of ketones is 1. The van der Waals surface area contributed by atoms with Crippen LogP contribution in [-0.4, -0.2) is 33.1 Å². The molecule has 0 aromatic heterocycles. The number of carbonyl (C=O) groups is 1. The van der Waals surface area contributed by atoms with Crippen molar-refractivity contribution in [2.75, 3.05) is 0 Å². The quantitative estimate of drug-likeness (QED) is 0.572. The van der Waals surface area contributed by atoms with Crippen molar-refractivity contribution in [3.63, 3.8) is 0 Å². The van der Waals surface area contributed by atoms with Crippen molar-refractivity contribution < 1.29 is 4.79 Å². The minimum Gasteiger partial charge on any atom is -0.300 e. The first-order valence-corrected chi connectivity index (χ1v) is 1.20.